The predicted molar refractivity (Wildman–Crippen MR) is 153 cm³/mol. The third kappa shape index (κ3) is 7.51. The quantitative estimate of drug-likeness (QED) is 0.401. The summed E-state index contributed by atoms with van der Waals surface area (Å²) in [5.74, 6) is 1.33. The fourth-order valence-corrected chi connectivity index (χ4v) is 4.70. The number of urea groups is 2. The van der Waals surface area contributed by atoms with Crippen LogP contribution in [0.5, 0.6) is 17.2 Å². The molecule has 0 saturated heterocycles. The van der Waals surface area contributed by atoms with Gasteiger partial charge in [0, 0.05) is 48.6 Å². The number of carbonyl (C=O) groups excluding carboxylic acids is 3. The summed E-state index contributed by atoms with van der Waals surface area (Å²) in [6.45, 7) is 8.12. The van der Waals surface area contributed by atoms with Crippen LogP contribution in [-0.2, 0) is 11.2 Å². The van der Waals surface area contributed by atoms with Gasteiger partial charge < -0.3 is 45.1 Å². The number of anilines is 2. The van der Waals surface area contributed by atoms with Crippen molar-refractivity contribution in [2.45, 2.75) is 52.3 Å². The summed E-state index contributed by atoms with van der Waals surface area (Å²) >= 11 is 0. The number of benzene rings is 2. The Morgan fingerprint density at radius 3 is 2.39 bits per heavy atom. The molecule has 222 valence electrons. The lowest BCUT2D eigenvalue weighted by molar-refractivity contribution is -0.134. The van der Waals surface area contributed by atoms with Crippen molar-refractivity contribution in [2.24, 2.45) is 5.92 Å². The van der Waals surface area contributed by atoms with Crippen LogP contribution in [0.25, 0.3) is 0 Å². The van der Waals surface area contributed by atoms with Gasteiger partial charge >= 0.3 is 12.1 Å². The Bertz CT molecular complexity index is 1270. The van der Waals surface area contributed by atoms with E-state index in [-0.39, 0.29) is 50.3 Å². The zero-order valence-electron chi connectivity index (χ0n) is 24.1. The molecule has 0 aliphatic carbocycles. The normalized spacial score (nSPS) is 18.8. The molecule has 0 unspecified atom stereocenters. The van der Waals surface area contributed by atoms with Crippen LogP contribution in [0, 0.1) is 5.92 Å². The highest BCUT2D eigenvalue weighted by Gasteiger charge is 2.32. The highest BCUT2D eigenvalue weighted by Crippen LogP contribution is 2.34. The molecular weight excluding hydrogens is 530 g/mol. The molecule has 0 aromatic heterocycles. The summed E-state index contributed by atoms with van der Waals surface area (Å²) in [5.41, 5.74) is 1.58. The molecule has 12 heteroatoms. The van der Waals surface area contributed by atoms with Crippen LogP contribution in [0.15, 0.2) is 36.4 Å². The van der Waals surface area contributed by atoms with Crippen molar-refractivity contribution in [3.8, 4) is 17.2 Å². The van der Waals surface area contributed by atoms with E-state index in [4.69, 9.17) is 14.2 Å². The van der Waals surface area contributed by atoms with Crippen molar-refractivity contribution in [1.29, 1.82) is 0 Å². The molecule has 3 atom stereocenters. The molecule has 41 heavy (non-hydrogen) atoms. The molecule has 0 fully saturated rings. The van der Waals surface area contributed by atoms with E-state index >= 15 is 0 Å². The van der Waals surface area contributed by atoms with E-state index in [0.29, 0.717) is 40.7 Å². The number of amides is 5. The van der Waals surface area contributed by atoms with Crippen molar-refractivity contribution in [2.75, 3.05) is 44.2 Å². The van der Waals surface area contributed by atoms with Crippen LogP contribution in [0.4, 0.5) is 21.0 Å². The highest BCUT2D eigenvalue weighted by molar-refractivity contribution is 6.00. The first-order valence-corrected chi connectivity index (χ1v) is 13.7. The van der Waals surface area contributed by atoms with Crippen molar-refractivity contribution in [3.63, 3.8) is 0 Å². The number of aliphatic hydroxyl groups excluding tert-OH is 1. The second kappa shape index (κ2) is 13.0. The smallest absolute Gasteiger partial charge is 0.323 e. The second-order valence-electron chi connectivity index (χ2n) is 10.8. The number of fused-ring (bicyclic) bond motifs is 2. The van der Waals surface area contributed by atoms with Crippen molar-refractivity contribution in [3.05, 3.63) is 42.0 Å². The lowest BCUT2D eigenvalue weighted by Gasteiger charge is -2.34. The SMILES string of the molecule is CC(C)NC(=O)N(C)C[C@@H]1Oc2ccc(NC(=O)Nc3ccc4c(c3)OCO4)cc2CC(=O)N([C@@H](C)CO)C[C@@H]1C. The number of aliphatic hydroxyl groups is 1. The Balaban J connectivity index is 1.55. The number of nitrogens with zero attached hydrogens (tertiary/aromatic N) is 2. The number of rotatable bonds is 7. The summed E-state index contributed by atoms with van der Waals surface area (Å²) in [4.78, 5) is 42.0. The molecular formula is C29H39N5O7. The first-order valence-electron chi connectivity index (χ1n) is 13.7. The van der Waals surface area contributed by atoms with Gasteiger partial charge in [-0.2, -0.15) is 0 Å². The molecule has 4 rings (SSSR count). The summed E-state index contributed by atoms with van der Waals surface area (Å²) in [5, 5.41) is 18.3. The first kappa shape index (κ1) is 29.8. The van der Waals surface area contributed by atoms with Gasteiger partial charge in [-0.3, -0.25) is 4.79 Å². The van der Waals surface area contributed by atoms with Gasteiger partial charge in [0.1, 0.15) is 11.9 Å². The van der Waals surface area contributed by atoms with Crippen molar-refractivity contribution >= 4 is 29.3 Å². The van der Waals surface area contributed by atoms with Gasteiger partial charge in [-0.1, -0.05) is 6.92 Å². The second-order valence-corrected chi connectivity index (χ2v) is 10.8. The number of carbonyl (C=O) groups is 3. The molecule has 2 aliphatic rings. The average Bonchev–Trinajstić information content (AvgIpc) is 3.40. The van der Waals surface area contributed by atoms with Crippen LogP contribution in [-0.4, -0.2) is 84.6 Å². The number of likely N-dealkylation sites (N-methyl/N-ethyl adjacent to an activating group) is 1. The van der Waals surface area contributed by atoms with Gasteiger partial charge in [-0.15, -0.1) is 0 Å². The van der Waals surface area contributed by atoms with Gasteiger partial charge in [-0.25, -0.2) is 9.59 Å². The summed E-state index contributed by atoms with van der Waals surface area (Å²) in [6.07, 6.45) is -0.425. The van der Waals surface area contributed by atoms with Gasteiger partial charge in [0.05, 0.1) is 25.6 Å². The van der Waals surface area contributed by atoms with Gasteiger partial charge in [-0.05, 0) is 51.1 Å². The van der Waals surface area contributed by atoms with E-state index in [1.54, 1.807) is 60.2 Å². The van der Waals surface area contributed by atoms with Crippen LogP contribution in [0.2, 0.25) is 0 Å². The Labute approximate surface area is 239 Å². The monoisotopic (exact) mass is 569 g/mol. The zero-order chi connectivity index (χ0) is 29.7. The minimum Gasteiger partial charge on any atom is -0.488 e. The number of hydrogen-bond donors (Lipinski definition) is 4. The van der Waals surface area contributed by atoms with Gasteiger partial charge in [0.15, 0.2) is 11.5 Å². The van der Waals surface area contributed by atoms with E-state index in [1.807, 2.05) is 20.8 Å². The summed E-state index contributed by atoms with van der Waals surface area (Å²) in [7, 11) is 1.70. The fourth-order valence-electron chi connectivity index (χ4n) is 4.70. The minimum atomic E-state index is -0.473. The van der Waals surface area contributed by atoms with Crippen molar-refractivity contribution in [1.82, 2.24) is 15.1 Å². The maximum absolute atomic E-state index is 13.4. The Hall–Kier alpha value is -4.19. The van der Waals surface area contributed by atoms with Gasteiger partial charge in [0.2, 0.25) is 12.7 Å². The van der Waals surface area contributed by atoms with E-state index in [0.717, 1.165) is 0 Å². The number of nitrogens with one attached hydrogen (secondary N) is 3. The number of hydrogen-bond acceptors (Lipinski definition) is 7. The first-order chi connectivity index (χ1) is 19.5. The zero-order valence-corrected chi connectivity index (χ0v) is 24.1. The summed E-state index contributed by atoms with van der Waals surface area (Å²) in [6, 6.07) is 9.11. The molecule has 5 amide bonds. The largest absolute Gasteiger partial charge is 0.488 e. The topological polar surface area (TPSA) is 142 Å². The molecule has 0 radical (unpaired) electrons. The molecule has 0 spiro atoms. The average molecular weight is 570 g/mol. The lowest BCUT2D eigenvalue weighted by atomic mass is 10.0. The number of ether oxygens (including phenoxy) is 3. The van der Waals surface area contributed by atoms with Crippen LogP contribution in [0.3, 0.4) is 0 Å². The van der Waals surface area contributed by atoms with Crippen LogP contribution in [0.1, 0.15) is 33.3 Å². The Morgan fingerprint density at radius 1 is 1.05 bits per heavy atom. The standard InChI is InChI=1S/C29H39N5O7/c1-17(2)30-29(38)33(5)14-26-18(3)13-34(19(4)15-35)27(36)11-20-10-21(6-8-23(20)41-26)31-28(37)32-22-7-9-24-25(12-22)40-16-39-24/h6-10,12,17-19,26,35H,11,13-16H2,1-5H3,(H,30,38)(H2,31,32,37)/t18-,19-,26-/m0/s1. The van der Waals surface area contributed by atoms with Crippen LogP contribution >= 0.6 is 0 Å². The van der Waals surface area contributed by atoms with E-state index in [2.05, 4.69) is 16.0 Å². The van der Waals surface area contributed by atoms with Crippen LogP contribution < -0.4 is 30.2 Å². The fraction of sp³-hybridized carbons (Fsp3) is 0.483. The predicted octanol–water partition coefficient (Wildman–Crippen LogP) is 3.26. The molecule has 2 aromatic carbocycles. The molecule has 2 aromatic rings. The Morgan fingerprint density at radius 2 is 1.71 bits per heavy atom. The Kier molecular flexibility index (Phi) is 9.43. The maximum Gasteiger partial charge on any atom is 0.323 e. The van der Waals surface area contributed by atoms with E-state index < -0.39 is 18.2 Å². The molecule has 4 N–H and O–H groups in total. The highest BCUT2D eigenvalue weighted by atomic mass is 16.7. The third-order valence-corrected chi connectivity index (χ3v) is 7.02. The molecule has 12 nitrogen and oxygen atoms in total. The van der Waals surface area contributed by atoms with E-state index in [9.17, 15) is 19.5 Å². The third-order valence-electron chi connectivity index (χ3n) is 7.02. The molecule has 0 saturated carbocycles. The van der Waals surface area contributed by atoms with Crippen molar-refractivity contribution < 1.29 is 33.7 Å². The minimum absolute atomic E-state index is 0.0160. The molecule has 0 bridgehead atoms. The van der Waals surface area contributed by atoms with E-state index in [1.165, 1.54) is 0 Å². The molecule has 2 aliphatic heterocycles. The lowest BCUT2D eigenvalue weighted by Crippen LogP contribution is -2.49. The maximum atomic E-state index is 13.4. The molecule has 2 heterocycles. The van der Waals surface area contributed by atoms with Gasteiger partial charge in [0.25, 0.3) is 0 Å². The summed E-state index contributed by atoms with van der Waals surface area (Å²) < 4.78 is 17.1.